The van der Waals surface area contributed by atoms with Crippen LogP contribution in [-0.4, -0.2) is 21.5 Å². The van der Waals surface area contributed by atoms with Gasteiger partial charge >= 0.3 is 17.9 Å². The van der Waals surface area contributed by atoms with Gasteiger partial charge in [0.2, 0.25) is 0 Å². The quantitative estimate of drug-likeness (QED) is 0.155. The Morgan fingerprint density at radius 1 is 0.882 bits per heavy atom. The van der Waals surface area contributed by atoms with Crippen LogP contribution in [-0.2, 0) is 6.18 Å². The lowest BCUT2D eigenvalue weighted by Gasteiger charge is -2.19. The summed E-state index contributed by atoms with van der Waals surface area (Å²) in [7, 11) is 0. The fourth-order valence-electron chi connectivity index (χ4n) is 3.01. The molecule has 0 aliphatic rings. The third-order valence-electron chi connectivity index (χ3n) is 4.46. The van der Waals surface area contributed by atoms with Crippen molar-refractivity contribution in [3.8, 4) is 0 Å². The van der Waals surface area contributed by atoms with Crippen LogP contribution in [0.5, 0.6) is 0 Å². The number of fused-ring (bicyclic) bond motifs is 1. The summed E-state index contributed by atoms with van der Waals surface area (Å²) in [6, 6.07) is 7.64. The fourth-order valence-corrected chi connectivity index (χ4v) is 3.82. The van der Waals surface area contributed by atoms with Crippen molar-refractivity contribution in [2.24, 2.45) is 0 Å². The lowest BCUT2D eigenvalue weighted by Crippen LogP contribution is -2.21. The smallest absolute Gasteiger partial charge is 0.349 e. The average molecular weight is 509 g/mol. The summed E-state index contributed by atoms with van der Waals surface area (Å²) >= 11 is -0.455. The monoisotopic (exact) mass is 509 g/mol. The summed E-state index contributed by atoms with van der Waals surface area (Å²) in [6.07, 6.45) is -9.24. The second-order valence-electron chi connectivity index (χ2n) is 6.65. The van der Waals surface area contributed by atoms with Crippen molar-refractivity contribution >= 4 is 45.3 Å². The fraction of sp³-hybridized carbons (Fsp3) is 0.158. The van der Waals surface area contributed by atoms with Crippen molar-refractivity contribution in [3.63, 3.8) is 0 Å². The molecule has 1 N–H and O–H groups in total. The van der Waals surface area contributed by atoms with Gasteiger partial charge in [0.1, 0.15) is 5.69 Å². The minimum Gasteiger partial charge on any atom is -0.349 e. The van der Waals surface area contributed by atoms with E-state index in [1.54, 1.807) is 0 Å². The Balaban J connectivity index is 2.21. The van der Waals surface area contributed by atoms with E-state index in [1.807, 2.05) is 0 Å². The molecule has 180 valence electrons. The maximum absolute atomic E-state index is 13.6. The zero-order chi connectivity index (χ0) is 25.4. The van der Waals surface area contributed by atoms with Crippen LogP contribution in [0, 0.1) is 20.2 Å². The van der Waals surface area contributed by atoms with E-state index in [0.717, 1.165) is 12.1 Å². The first-order valence-electron chi connectivity index (χ1n) is 8.90. The van der Waals surface area contributed by atoms with Crippen LogP contribution in [0.1, 0.15) is 5.56 Å². The Morgan fingerprint density at radius 3 is 2.03 bits per heavy atom. The Kier molecular flexibility index (Phi) is 6.59. The zero-order valence-corrected chi connectivity index (χ0v) is 17.1. The van der Waals surface area contributed by atoms with Crippen molar-refractivity contribution in [2.75, 3.05) is 5.32 Å². The average Bonchev–Trinajstić information content (AvgIpc) is 2.74. The zero-order valence-electron chi connectivity index (χ0n) is 16.3. The molecule has 15 heteroatoms. The Labute approximate surface area is 188 Å². The molecule has 0 fully saturated rings. The van der Waals surface area contributed by atoms with Crippen LogP contribution in [0.15, 0.2) is 53.4 Å². The van der Waals surface area contributed by atoms with Gasteiger partial charge in [-0.3, -0.25) is 20.2 Å². The molecule has 0 aliphatic heterocycles. The Morgan fingerprint density at radius 2 is 1.50 bits per heavy atom. The van der Waals surface area contributed by atoms with Gasteiger partial charge in [-0.15, -0.1) is 0 Å². The number of nitrogens with one attached hydrogen (secondary N) is 1. The highest BCUT2D eigenvalue weighted by atomic mass is 32.2. The highest BCUT2D eigenvalue weighted by Gasteiger charge is 2.43. The predicted molar refractivity (Wildman–Crippen MR) is 109 cm³/mol. The topological polar surface area (TPSA) is 98.3 Å². The first kappa shape index (κ1) is 25.0. The van der Waals surface area contributed by atoms with E-state index in [4.69, 9.17) is 0 Å². The van der Waals surface area contributed by atoms with Gasteiger partial charge in [0.15, 0.2) is 0 Å². The van der Waals surface area contributed by atoms with E-state index < -0.39 is 62.1 Å². The molecule has 0 aromatic heterocycles. The van der Waals surface area contributed by atoms with Crippen molar-refractivity contribution in [3.05, 3.63) is 74.3 Å². The molecule has 0 amide bonds. The Hall–Kier alpha value is -3.62. The molecule has 0 unspecified atom stereocenters. The predicted octanol–water partition coefficient (Wildman–Crippen LogP) is 7.37. The van der Waals surface area contributed by atoms with E-state index >= 15 is 0 Å². The summed E-state index contributed by atoms with van der Waals surface area (Å²) in [5.74, 6) is 0. The second kappa shape index (κ2) is 8.96. The number of nitro benzene ring substituents is 2. The number of alkyl halides is 7. The molecule has 3 aromatic carbocycles. The third-order valence-corrected chi connectivity index (χ3v) is 5.49. The van der Waals surface area contributed by atoms with Gasteiger partial charge in [-0.1, -0.05) is 24.3 Å². The second-order valence-corrected chi connectivity index (χ2v) is 7.83. The number of hydrogen-bond donors (Lipinski definition) is 1. The van der Waals surface area contributed by atoms with Gasteiger partial charge in [-0.05, 0) is 29.3 Å². The minimum atomic E-state index is -5.25. The van der Waals surface area contributed by atoms with Gasteiger partial charge in [0.25, 0.3) is 11.4 Å². The van der Waals surface area contributed by atoms with Crippen molar-refractivity contribution in [1.29, 1.82) is 0 Å². The SMILES string of the molecule is O=[N+]([O-])c1cc([N+](=O)[O-])c(Nc2ccc(SC(F)(F)C(F)F)c3ccccc23)c(C(F)(F)F)c1. The molecule has 0 saturated heterocycles. The van der Waals surface area contributed by atoms with Crippen LogP contribution in [0.3, 0.4) is 0 Å². The number of nitrogens with zero attached hydrogens (tertiary/aromatic N) is 2. The largest absolute Gasteiger partial charge is 0.418 e. The van der Waals surface area contributed by atoms with Crippen LogP contribution < -0.4 is 5.32 Å². The molecule has 0 heterocycles. The van der Waals surface area contributed by atoms with Crippen LogP contribution >= 0.6 is 11.8 Å². The molecule has 0 bridgehead atoms. The highest BCUT2D eigenvalue weighted by Crippen LogP contribution is 2.47. The number of hydrogen-bond acceptors (Lipinski definition) is 6. The molecule has 0 radical (unpaired) electrons. The molecule has 7 nitrogen and oxygen atoms in total. The van der Waals surface area contributed by atoms with Gasteiger partial charge in [0, 0.05) is 22.0 Å². The molecule has 0 atom stereocenters. The van der Waals surface area contributed by atoms with Gasteiger partial charge in [0.05, 0.1) is 21.5 Å². The van der Waals surface area contributed by atoms with Gasteiger partial charge < -0.3 is 5.32 Å². The summed E-state index contributed by atoms with van der Waals surface area (Å²) < 4.78 is 93.3. The molecular weight excluding hydrogens is 499 g/mol. The van der Waals surface area contributed by atoms with E-state index in [0.29, 0.717) is 6.07 Å². The lowest BCUT2D eigenvalue weighted by atomic mass is 10.1. The van der Waals surface area contributed by atoms with E-state index in [2.05, 4.69) is 5.32 Å². The maximum Gasteiger partial charge on any atom is 0.418 e. The normalized spacial score (nSPS) is 12.2. The summed E-state index contributed by atoms with van der Waals surface area (Å²) in [4.78, 5) is 19.6. The number of nitro groups is 2. The van der Waals surface area contributed by atoms with Gasteiger partial charge in [-0.2, -0.15) is 22.0 Å². The highest BCUT2D eigenvalue weighted by molar-refractivity contribution is 8.00. The number of anilines is 2. The van der Waals surface area contributed by atoms with E-state index in [-0.39, 0.29) is 27.4 Å². The molecule has 3 rings (SSSR count). The third kappa shape index (κ3) is 4.98. The minimum absolute atomic E-state index is 0.0154. The van der Waals surface area contributed by atoms with Crippen molar-refractivity contribution in [2.45, 2.75) is 22.8 Å². The summed E-state index contributed by atoms with van der Waals surface area (Å²) in [6.45, 7) is 0. The standard InChI is InChI=1S/C19H10F7N3O4S/c20-17(21)19(25,26)34-15-6-5-13(10-3-1-2-4-11(10)15)27-16-12(18(22,23)24)7-9(28(30)31)8-14(16)29(32)33/h1-8,17,27H. The van der Waals surface area contributed by atoms with Gasteiger partial charge in [-0.25, -0.2) is 8.78 Å². The number of non-ortho nitro benzene ring substituents is 1. The maximum atomic E-state index is 13.6. The van der Waals surface area contributed by atoms with E-state index in [1.165, 1.54) is 24.3 Å². The van der Waals surface area contributed by atoms with Crippen LogP contribution in [0.25, 0.3) is 10.8 Å². The molecule has 0 aliphatic carbocycles. The van der Waals surface area contributed by atoms with Crippen LogP contribution in [0.2, 0.25) is 0 Å². The summed E-state index contributed by atoms with van der Waals surface area (Å²) in [5, 5.41) is 20.1. The van der Waals surface area contributed by atoms with Crippen molar-refractivity contribution in [1.82, 2.24) is 0 Å². The number of thioether (sulfide) groups is 1. The van der Waals surface area contributed by atoms with Crippen LogP contribution in [0.4, 0.5) is 53.5 Å². The Bertz CT molecular complexity index is 1280. The van der Waals surface area contributed by atoms with Crippen molar-refractivity contribution < 1.29 is 40.6 Å². The molecule has 0 spiro atoms. The molecule has 34 heavy (non-hydrogen) atoms. The first-order valence-corrected chi connectivity index (χ1v) is 9.72. The number of rotatable bonds is 7. The number of benzene rings is 3. The lowest BCUT2D eigenvalue weighted by molar-refractivity contribution is -0.394. The molecule has 3 aromatic rings. The molecule has 0 saturated carbocycles. The first-order chi connectivity index (χ1) is 15.7. The number of halogens is 7. The molecular formula is C19H10F7N3O4S. The summed E-state index contributed by atoms with van der Waals surface area (Å²) in [5.41, 5.74) is -5.47. The van der Waals surface area contributed by atoms with E-state index in [9.17, 15) is 51.0 Å².